The molecule has 1 aliphatic carbocycles. The summed E-state index contributed by atoms with van der Waals surface area (Å²) in [5.74, 6) is -1.18. The monoisotopic (exact) mass is 632 g/mol. The van der Waals surface area contributed by atoms with Crippen molar-refractivity contribution in [3.05, 3.63) is 144 Å². The van der Waals surface area contributed by atoms with Gasteiger partial charge in [-0.1, -0.05) is 163 Å². The molecule has 1 aliphatic rings. The van der Waals surface area contributed by atoms with Crippen LogP contribution < -0.4 is 5.73 Å². The second kappa shape index (κ2) is 12.4. The van der Waals surface area contributed by atoms with Crippen molar-refractivity contribution in [3.63, 3.8) is 0 Å². The number of nitrogens with two attached hydrogens (primary N) is 1. The zero-order valence-electron chi connectivity index (χ0n) is 28.4. The summed E-state index contributed by atoms with van der Waals surface area (Å²) in [4.78, 5) is 30.3. The van der Waals surface area contributed by atoms with E-state index in [9.17, 15) is 15.0 Å². The van der Waals surface area contributed by atoms with Gasteiger partial charge in [0.05, 0.1) is 12.1 Å². The Balaban J connectivity index is 1.94. The molecule has 0 radical (unpaired) electrons. The Morgan fingerprint density at radius 1 is 0.574 bits per heavy atom. The van der Waals surface area contributed by atoms with E-state index in [1.807, 2.05) is 163 Å². The van der Waals surface area contributed by atoms with Gasteiger partial charge in [-0.3, -0.25) is 9.59 Å². The topological polar surface area (TPSA) is 104 Å². The third kappa shape index (κ3) is 6.01. The maximum absolute atomic E-state index is 15.5. The molecule has 47 heavy (non-hydrogen) atoms. The molecule has 2 atom stereocenters. The number of aliphatic hydroxyl groups is 2. The average Bonchev–Trinajstić information content (AvgIpc) is 3.87. The number of primary amides is 1. The number of benzene rings is 4. The minimum Gasteiger partial charge on any atom is -0.378 e. The van der Waals surface area contributed by atoms with E-state index in [2.05, 4.69) is 0 Å². The third-order valence-electron chi connectivity index (χ3n) is 9.71. The highest BCUT2D eigenvalue weighted by Crippen LogP contribution is 2.55. The normalized spacial score (nSPS) is 16.2. The van der Waals surface area contributed by atoms with Crippen LogP contribution >= 0.6 is 0 Å². The zero-order valence-corrected chi connectivity index (χ0v) is 28.4. The lowest BCUT2D eigenvalue weighted by atomic mass is 9.63. The van der Waals surface area contributed by atoms with Crippen LogP contribution in [-0.4, -0.2) is 39.0 Å². The summed E-state index contributed by atoms with van der Waals surface area (Å²) >= 11 is 0. The van der Waals surface area contributed by atoms with Gasteiger partial charge in [-0.05, 0) is 45.9 Å². The van der Waals surface area contributed by atoms with Crippen LogP contribution in [0.2, 0.25) is 0 Å². The Morgan fingerprint density at radius 3 is 1.02 bits per heavy atom. The summed E-state index contributed by atoms with van der Waals surface area (Å²) in [5, 5.41) is 27.0. The highest BCUT2D eigenvalue weighted by molar-refractivity contribution is 6.07. The standard InChI is InChI=1S/C41H48N2O4/c1-37(2,3)33(40(46,29-19-11-7-12-20-29)30-21-13-8-14-22-30)43(36(45)39(27-28-39)35(42)44)34(38(4,5)6)41(47,31-23-15-9-16-24-31)32-25-17-10-18-26-32/h7-26,33-34,46-47H,27-28H2,1-6H3,(H2,42,44). The minimum atomic E-state index is -1.78. The molecule has 0 bridgehead atoms. The van der Waals surface area contributed by atoms with Gasteiger partial charge in [0.25, 0.3) is 0 Å². The predicted molar refractivity (Wildman–Crippen MR) is 186 cm³/mol. The molecule has 2 unspecified atom stereocenters. The van der Waals surface area contributed by atoms with E-state index < -0.39 is 51.3 Å². The van der Waals surface area contributed by atoms with Gasteiger partial charge in [0.1, 0.15) is 16.6 Å². The molecule has 6 heteroatoms. The molecule has 1 fully saturated rings. The van der Waals surface area contributed by atoms with E-state index >= 15 is 4.79 Å². The quantitative estimate of drug-likeness (QED) is 0.168. The number of nitrogens with zero attached hydrogens (tertiary/aromatic N) is 1. The van der Waals surface area contributed by atoms with Crippen molar-refractivity contribution in [3.8, 4) is 0 Å². The van der Waals surface area contributed by atoms with Gasteiger partial charge in [-0.25, -0.2) is 0 Å². The van der Waals surface area contributed by atoms with Crippen molar-refractivity contribution in [2.24, 2.45) is 22.0 Å². The van der Waals surface area contributed by atoms with E-state index in [1.165, 1.54) is 0 Å². The molecule has 6 nitrogen and oxygen atoms in total. The third-order valence-corrected chi connectivity index (χ3v) is 9.71. The fourth-order valence-corrected chi connectivity index (χ4v) is 7.55. The Kier molecular flexibility index (Phi) is 8.99. The molecule has 246 valence electrons. The molecule has 0 spiro atoms. The molecule has 4 N–H and O–H groups in total. The molecular formula is C41H48N2O4. The van der Waals surface area contributed by atoms with Crippen LogP contribution in [0.25, 0.3) is 0 Å². The molecule has 2 amide bonds. The van der Waals surface area contributed by atoms with Crippen LogP contribution in [0.5, 0.6) is 0 Å². The minimum absolute atomic E-state index is 0.301. The van der Waals surface area contributed by atoms with Gasteiger partial charge < -0.3 is 20.8 Å². The van der Waals surface area contributed by atoms with Crippen molar-refractivity contribution in [2.45, 2.75) is 77.7 Å². The van der Waals surface area contributed by atoms with E-state index in [4.69, 9.17) is 5.73 Å². The van der Waals surface area contributed by atoms with Gasteiger partial charge in [-0.2, -0.15) is 0 Å². The van der Waals surface area contributed by atoms with Crippen LogP contribution in [-0.2, 0) is 20.8 Å². The van der Waals surface area contributed by atoms with Crippen molar-refractivity contribution in [2.75, 3.05) is 0 Å². The summed E-state index contributed by atoms with van der Waals surface area (Å²) < 4.78 is 0. The lowest BCUT2D eigenvalue weighted by molar-refractivity contribution is -0.180. The van der Waals surface area contributed by atoms with Crippen LogP contribution in [0.3, 0.4) is 0 Å². The summed E-state index contributed by atoms with van der Waals surface area (Å²) in [5.41, 5.74) is 1.78. The van der Waals surface area contributed by atoms with E-state index in [-0.39, 0.29) is 0 Å². The fraction of sp³-hybridized carbons (Fsp3) is 0.366. The molecular weight excluding hydrogens is 584 g/mol. The number of carbonyl (C=O) groups excluding carboxylic acids is 2. The molecule has 0 saturated heterocycles. The number of hydrogen-bond acceptors (Lipinski definition) is 4. The second-order valence-electron chi connectivity index (χ2n) is 15.2. The Hall–Kier alpha value is -4.26. The molecule has 0 aliphatic heterocycles. The lowest BCUT2D eigenvalue weighted by Gasteiger charge is -2.58. The maximum atomic E-state index is 15.5. The van der Waals surface area contributed by atoms with E-state index in [0.29, 0.717) is 35.1 Å². The molecule has 0 heterocycles. The molecule has 5 rings (SSSR count). The van der Waals surface area contributed by atoms with Crippen LogP contribution in [0.15, 0.2) is 121 Å². The number of hydrogen-bond donors (Lipinski definition) is 3. The number of rotatable bonds is 10. The summed E-state index contributed by atoms with van der Waals surface area (Å²) in [6.07, 6.45) is 0.602. The molecule has 4 aromatic rings. The first-order valence-corrected chi connectivity index (χ1v) is 16.4. The van der Waals surface area contributed by atoms with Crippen molar-refractivity contribution >= 4 is 11.8 Å². The van der Waals surface area contributed by atoms with Crippen molar-refractivity contribution in [1.82, 2.24) is 4.90 Å². The smallest absolute Gasteiger partial charge is 0.239 e. The summed E-state index contributed by atoms with van der Waals surface area (Å²) in [7, 11) is 0. The fourth-order valence-electron chi connectivity index (χ4n) is 7.55. The predicted octanol–water partition coefficient (Wildman–Crippen LogP) is 6.78. The van der Waals surface area contributed by atoms with Crippen molar-refractivity contribution in [1.29, 1.82) is 0 Å². The Morgan fingerprint density at radius 2 is 0.830 bits per heavy atom. The first-order valence-electron chi connectivity index (χ1n) is 16.4. The summed E-state index contributed by atoms with van der Waals surface area (Å²) in [6, 6.07) is 35.4. The number of amides is 2. The number of carbonyl (C=O) groups is 2. The van der Waals surface area contributed by atoms with E-state index in [1.54, 1.807) is 4.90 Å². The second-order valence-corrected chi connectivity index (χ2v) is 15.2. The molecule has 1 saturated carbocycles. The van der Waals surface area contributed by atoms with E-state index in [0.717, 1.165) is 0 Å². The van der Waals surface area contributed by atoms with Gasteiger partial charge >= 0.3 is 0 Å². The first-order chi connectivity index (χ1) is 22.1. The van der Waals surface area contributed by atoms with Gasteiger partial charge in [0.2, 0.25) is 11.8 Å². The van der Waals surface area contributed by atoms with Crippen LogP contribution in [0.1, 0.15) is 76.6 Å². The van der Waals surface area contributed by atoms with Crippen molar-refractivity contribution < 1.29 is 19.8 Å². The van der Waals surface area contributed by atoms with Gasteiger partial charge in [-0.15, -0.1) is 0 Å². The largest absolute Gasteiger partial charge is 0.378 e. The molecule has 0 aromatic heterocycles. The summed E-state index contributed by atoms with van der Waals surface area (Å²) in [6.45, 7) is 11.9. The van der Waals surface area contributed by atoms with Crippen LogP contribution in [0, 0.1) is 16.2 Å². The first kappa shape index (κ1) is 34.1. The Bertz CT molecular complexity index is 1490. The lowest BCUT2D eigenvalue weighted by Crippen LogP contribution is -2.70. The highest BCUT2D eigenvalue weighted by Gasteiger charge is 2.65. The zero-order chi connectivity index (χ0) is 34.3. The average molecular weight is 633 g/mol. The Labute approximate surface area is 279 Å². The van der Waals surface area contributed by atoms with Gasteiger partial charge in [0, 0.05) is 0 Å². The maximum Gasteiger partial charge on any atom is 0.239 e. The van der Waals surface area contributed by atoms with Crippen LogP contribution in [0.4, 0.5) is 0 Å². The SMILES string of the molecule is CC(C)(C)C(N(C(=O)C1(C(N)=O)CC1)C(C(C)(C)C)C(O)(c1ccccc1)c1ccccc1)C(O)(c1ccccc1)c1ccccc1. The molecule has 4 aromatic carbocycles. The highest BCUT2D eigenvalue weighted by atomic mass is 16.3. The van der Waals surface area contributed by atoms with Gasteiger partial charge in [0.15, 0.2) is 0 Å².